The second kappa shape index (κ2) is 14.2. The lowest BCUT2D eigenvalue weighted by Crippen LogP contribution is -2.33. The van der Waals surface area contributed by atoms with Crippen molar-refractivity contribution in [2.75, 3.05) is 26.2 Å². The number of amides is 1. The van der Waals surface area contributed by atoms with Crippen molar-refractivity contribution in [1.29, 1.82) is 0 Å². The summed E-state index contributed by atoms with van der Waals surface area (Å²) in [6.07, 6.45) is 3.95. The van der Waals surface area contributed by atoms with Crippen molar-refractivity contribution in [2.45, 2.75) is 25.7 Å². The first-order chi connectivity index (χ1) is 13.5. The molecule has 156 valence electrons. The van der Waals surface area contributed by atoms with Crippen LogP contribution in [0.5, 0.6) is 5.75 Å². The minimum Gasteiger partial charge on any atom is -0.491 e. The highest BCUT2D eigenvalue weighted by atomic mass is 79.9. The molecular weight excluding hydrogens is 496 g/mol. The highest BCUT2D eigenvalue weighted by molar-refractivity contribution is 9.11. The molecule has 0 atom stereocenters. The van der Waals surface area contributed by atoms with E-state index in [2.05, 4.69) is 52.8 Å². The van der Waals surface area contributed by atoms with Gasteiger partial charge in [0.2, 0.25) is 0 Å². The first-order valence-corrected chi connectivity index (χ1v) is 10.4. The summed E-state index contributed by atoms with van der Waals surface area (Å²) >= 11 is 6.93. The number of benzene rings is 1. The maximum Gasteiger partial charge on any atom is 0.269 e. The third-order valence-corrected chi connectivity index (χ3v) is 4.78. The molecule has 0 aromatic heterocycles. The van der Waals surface area contributed by atoms with Crippen molar-refractivity contribution >= 4 is 49.8 Å². The zero-order chi connectivity index (χ0) is 20.8. The number of nitrogens with two attached hydrogens (primary N) is 2. The lowest BCUT2D eigenvalue weighted by molar-refractivity contribution is -0.115. The molecule has 0 bridgehead atoms. The highest BCUT2D eigenvalue weighted by Gasteiger charge is 2.15. The van der Waals surface area contributed by atoms with Gasteiger partial charge in [0.15, 0.2) is 0 Å². The van der Waals surface area contributed by atoms with E-state index in [-0.39, 0.29) is 12.1 Å². The number of unbranched alkanes of at least 4 members (excludes halogenated alkanes) is 1. The number of carbonyl (C=O) groups excluding carboxylic acids is 1. The number of hydrazone groups is 1. The van der Waals surface area contributed by atoms with Gasteiger partial charge in [0.1, 0.15) is 17.8 Å². The number of hydrogen-bond acceptors (Lipinski definition) is 7. The largest absolute Gasteiger partial charge is 0.491 e. The molecule has 1 rings (SSSR count). The minimum atomic E-state index is -0.408. The zero-order valence-corrected chi connectivity index (χ0v) is 18.6. The number of oxime groups is 1. The van der Waals surface area contributed by atoms with Crippen molar-refractivity contribution < 1.29 is 14.7 Å². The van der Waals surface area contributed by atoms with Crippen molar-refractivity contribution in [1.82, 2.24) is 10.6 Å². The summed E-state index contributed by atoms with van der Waals surface area (Å²) in [5.41, 5.74) is 6.29. The molecule has 0 aliphatic heterocycles. The predicted molar refractivity (Wildman–Crippen MR) is 117 cm³/mol. The van der Waals surface area contributed by atoms with Gasteiger partial charge in [-0.05, 0) is 75.4 Å². The fraction of sp³-hybridized carbons (Fsp3) is 0.471. The molecule has 1 aromatic rings. The standard InChI is InChI=1S/C17H26Br2N6O3/c18-13-8-12(9-14(19)16(13)28-7-3-4-20)10-15(25-27)17(26)23-6-2-1-5-22-11-24-21/h8-9,11,27H,1-7,10,20-21H2,(H,22,24)(H,23,26). The quantitative estimate of drug-likeness (QED) is 0.0666. The Labute approximate surface area is 181 Å². The molecule has 7 N–H and O–H groups in total. The predicted octanol–water partition coefficient (Wildman–Crippen LogP) is 1.70. The van der Waals surface area contributed by atoms with Crippen LogP contribution >= 0.6 is 31.9 Å². The number of rotatable bonds is 13. The topological polar surface area (TPSA) is 147 Å². The number of ether oxygens (including phenoxy) is 1. The van der Waals surface area contributed by atoms with Crippen LogP contribution < -0.4 is 26.9 Å². The molecule has 1 aromatic carbocycles. The normalized spacial score (nSPS) is 11.6. The molecule has 0 aliphatic carbocycles. The fourth-order valence-corrected chi connectivity index (χ4v) is 3.75. The Morgan fingerprint density at radius 3 is 2.50 bits per heavy atom. The van der Waals surface area contributed by atoms with Crippen molar-refractivity contribution in [3.05, 3.63) is 26.6 Å². The van der Waals surface area contributed by atoms with Crippen molar-refractivity contribution in [3.8, 4) is 5.75 Å². The van der Waals surface area contributed by atoms with Gasteiger partial charge in [-0.2, -0.15) is 5.10 Å². The molecular formula is C17H26Br2N6O3. The van der Waals surface area contributed by atoms with Crippen LogP contribution in [0.3, 0.4) is 0 Å². The monoisotopic (exact) mass is 520 g/mol. The third kappa shape index (κ3) is 8.89. The second-order valence-electron chi connectivity index (χ2n) is 5.80. The van der Waals surface area contributed by atoms with E-state index in [0.29, 0.717) is 32.0 Å². The number of halogens is 2. The van der Waals surface area contributed by atoms with E-state index in [1.165, 1.54) is 6.34 Å². The SMILES string of the molecule is NCCCOc1c(Br)cc(CC(=NO)C(=O)NCCCCNC=NN)cc1Br. The van der Waals surface area contributed by atoms with Gasteiger partial charge in [0.25, 0.3) is 5.91 Å². The van der Waals surface area contributed by atoms with Crippen LogP contribution in [-0.4, -0.2) is 49.4 Å². The minimum absolute atomic E-state index is 0.0315. The average molecular weight is 522 g/mol. The maximum absolute atomic E-state index is 12.2. The van der Waals surface area contributed by atoms with E-state index in [0.717, 1.165) is 33.8 Å². The first-order valence-electron chi connectivity index (χ1n) is 8.78. The van der Waals surface area contributed by atoms with Crippen LogP contribution in [0.15, 0.2) is 31.3 Å². The lowest BCUT2D eigenvalue weighted by atomic mass is 10.1. The van der Waals surface area contributed by atoms with Crippen LogP contribution in [0.25, 0.3) is 0 Å². The van der Waals surface area contributed by atoms with Gasteiger partial charge in [-0.15, -0.1) is 0 Å². The molecule has 0 heterocycles. The molecule has 9 nitrogen and oxygen atoms in total. The molecule has 0 fully saturated rings. The van der Waals surface area contributed by atoms with Gasteiger partial charge >= 0.3 is 0 Å². The summed E-state index contributed by atoms with van der Waals surface area (Å²) in [7, 11) is 0. The second-order valence-corrected chi connectivity index (χ2v) is 7.51. The summed E-state index contributed by atoms with van der Waals surface area (Å²) in [4.78, 5) is 12.2. The van der Waals surface area contributed by atoms with E-state index in [4.69, 9.17) is 16.3 Å². The van der Waals surface area contributed by atoms with Crippen LogP contribution in [0.2, 0.25) is 0 Å². The van der Waals surface area contributed by atoms with Crippen molar-refractivity contribution in [3.63, 3.8) is 0 Å². The summed E-state index contributed by atoms with van der Waals surface area (Å²) in [6.45, 7) is 2.24. The van der Waals surface area contributed by atoms with Crippen molar-refractivity contribution in [2.24, 2.45) is 21.8 Å². The molecule has 28 heavy (non-hydrogen) atoms. The van der Waals surface area contributed by atoms with Crippen LogP contribution in [0.4, 0.5) is 0 Å². The van der Waals surface area contributed by atoms with Crippen LogP contribution in [0.1, 0.15) is 24.8 Å². The van der Waals surface area contributed by atoms with E-state index >= 15 is 0 Å². The van der Waals surface area contributed by atoms with E-state index in [1.807, 2.05) is 12.1 Å². The van der Waals surface area contributed by atoms with E-state index in [1.54, 1.807) is 0 Å². The summed E-state index contributed by atoms with van der Waals surface area (Å²) in [5, 5.41) is 21.3. The molecule has 0 saturated carbocycles. The van der Waals surface area contributed by atoms with E-state index < -0.39 is 5.91 Å². The van der Waals surface area contributed by atoms with E-state index in [9.17, 15) is 10.0 Å². The van der Waals surface area contributed by atoms with Crippen LogP contribution in [-0.2, 0) is 11.2 Å². The zero-order valence-electron chi connectivity index (χ0n) is 15.5. The lowest BCUT2D eigenvalue weighted by Gasteiger charge is -2.12. The molecule has 0 radical (unpaired) electrons. The van der Waals surface area contributed by atoms with Gasteiger partial charge < -0.3 is 32.2 Å². The van der Waals surface area contributed by atoms with Gasteiger partial charge in [0, 0.05) is 19.5 Å². The molecule has 1 amide bonds. The highest BCUT2D eigenvalue weighted by Crippen LogP contribution is 2.35. The molecule has 0 spiro atoms. The Balaban J connectivity index is 2.56. The van der Waals surface area contributed by atoms with Gasteiger partial charge in [-0.1, -0.05) is 5.16 Å². The number of hydrogen-bond donors (Lipinski definition) is 5. The Kier molecular flexibility index (Phi) is 12.3. The molecule has 0 aliphatic rings. The Hall–Kier alpha value is -1.85. The third-order valence-electron chi connectivity index (χ3n) is 3.61. The number of carbonyl (C=O) groups is 1. The van der Waals surface area contributed by atoms with Gasteiger partial charge in [-0.25, -0.2) is 0 Å². The van der Waals surface area contributed by atoms with Gasteiger partial charge in [-0.3, -0.25) is 4.79 Å². The Morgan fingerprint density at radius 2 is 1.89 bits per heavy atom. The summed E-state index contributed by atoms with van der Waals surface area (Å²) < 4.78 is 7.16. The van der Waals surface area contributed by atoms with Crippen LogP contribution in [0, 0.1) is 0 Å². The molecule has 0 unspecified atom stereocenters. The average Bonchev–Trinajstić information content (AvgIpc) is 2.67. The Morgan fingerprint density at radius 1 is 1.21 bits per heavy atom. The Bertz CT molecular complexity index is 662. The smallest absolute Gasteiger partial charge is 0.269 e. The first kappa shape index (κ1) is 24.2. The fourth-order valence-electron chi connectivity index (χ4n) is 2.24. The summed E-state index contributed by atoms with van der Waals surface area (Å²) in [5.74, 6) is 5.23. The summed E-state index contributed by atoms with van der Waals surface area (Å²) in [6, 6.07) is 3.65. The molecule has 0 saturated heterocycles. The maximum atomic E-state index is 12.2. The number of nitrogens with one attached hydrogen (secondary N) is 2. The number of nitrogens with zero attached hydrogens (tertiary/aromatic N) is 2. The van der Waals surface area contributed by atoms with Gasteiger partial charge in [0.05, 0.1) is 15.6 Å². The molecule has 11 heteroatoms.